The smallest absolute Gasteiger partial charge is 0.269 e. The van der Waals surface area contributed by atoms with Gasteiger partial charge in [-0.2, -0.15) is 5.10 Å². The lowest BCUT2D eigenvalue weighted by atomic mass is 10.1. The van der Waals surface area contributed by atoms with Crippen LogP contribution in [-0.4, -0.2) is 22.7 Å². The molecule has 0 unspecified atom stereocenters. The summed E-state index contributed by atoms with van der Waals surface area (Å²) >= 11 is 0. The Hall–Kier alpha value is -3.12. The van der Waals surface area contributed by atoms with E-state index in [0.29, 0.717) is 23.6 Å². The third kappa shape index (κ3) is 3.87. The fourth-order valence-corrected chi connectivity index (χ4v) is 2.65. The Labute approximate surface area is 146 Å². The molecule has 128 valence electrons. The molecule has 0 saturated carbocycles. The molecule has 0 spiro atoms. The number of ether oxygens (including phenoxy) is 1. The first kappa shape index (κ1) is 16.7. The zero-order valence-electron chi connectivity index (χ0n) is 14.0. The molecule has 0 fully saturated rings. The maximum absolute atomic E-state index is 12.0. The van der Waals surface area contributed by atoms with Gasteiger partial charge in [0.2, 0.25) is 0 Å². The number of carbonyl (C=O) groups is 1. The molecule has 3 aromatic rings. The first-order valence-electron chi connectivity index (χ1n) is 8.02. The zero-order valence-corrected chi connectivity index (χ0v) is 14.0. The number of nitrogens with one attached hydrogen (secondary N) is 2. The van der Waals surface area contributed by atoms with Gasteiger partial charge in [-0.1, -0.05) is 42.5 Å². The van der Waals surface area contributed by atoms with Crippen LogP contribution in [0.15, 0.2) is 54.6 Å². The van der Waals surface area contributed by atoms with Crippen molar-refractivity contribution in [1.29, 1.82) is 0 Å². The van der Waals surface area contributed by atoms with E-state index in [2.05, 4.69) is 27.8 Å². The number of nitrogen functional groups attached to an aromatic ring is 1. The number of rotatable bonds is 6. The van der Waals surface area contributed by atoms with Crippen molar-refractivity contribution in [3.8, 4) is 17.0 Å². The number of hydrazine groups is 1. The SMILES string of the molecule is Cc1[nH]nc(-c2cccc(OCCc3ccccc3)c2)c1C(=O)NN. The lowest BCUT2D eigenvalue weighted by Crippen LogP contribution is -2.30. The van der Waals surface area contributed by atoms with Crippen molar-refractivity contribution in [1.82, 2.24) is 15.6 Å². The summed E-state index contributed by atoms with van der Waals surface area (Å²) in [5, 5.41) is 7.05. The maximum atomic E-state index is 12.0. The molecule has 0 bridgehead atoms. The first-order chi connectivity index (χ1) is 12.2. The fourth-order valence-electron chi connectivity index (χ4n) is 2.65. The Kier molecular flexibility index (Phi) is 5.11. The molecular formula is C19H20N4O2. The third-order valence-electron chi connectivity index (χ3n) is 3.92. The molecule has 2 aromatic carbocycles. The number of amides is 1. The van der Waals surface area contributed by atoms with Crippen molar-refractivity contribution in [3.05, 3.63) is 71.4 Å². The summed E-state index contributed by atoms with van der Waals surface area (Å²) in [5.74, 6) is 5.62. The van der Waals surface area contributed by atoms with Crippen LogP contribution in [0.25, 0.3) is 11.3 Å². The highest BCUT2D eigenvalue weighted by Crippen LogP contribution is 2.26. The van der Waals surface area contributed by atoms with E-state index < -0.39 is 0 Å². The van der Waals surface area contributed by atoms with Crippen molar-refractivity contribution in [3.63, 3.8) is 0 Å². The second-order valence-corrected chi connectivity index (χ2v) is 5.66. The molecule has 0 atom stereocenters. The van der Waals surface area contributed by atoms with Crippen LogP contribution < -0.4 is 16.0 Å². The molecular weight excluding hydrogens is 316 g/mol. The number of aromatic amines is 1. The van der Waals surface area contributed by atoms with Crippen LogP contribution in [0.3, 0.4) is 0 Å². The van der Waals surface area contributed by atoms with Gasteiger partial charge in [-0.05, 0) is 24.6 Å². The lowest BCUT2D eigenvalue weighted by molar-refractivity contribution is 0.0953. The Morgan fingerprint density at radius 3 is 2.76 bits per heavy atom. The van der Waals surface area contributed by atoms with E-state index in [9.17, 15) is 4.79 Å². The summed E-state index contributed by atoms with van der Waals surface area (Å²) in [5.41, 5.74) is 5.82. The van der Waals surface area contributed by atoms with Crippen molar-refractivity contribution in [2.24, 2.45) is 5.84 Å². The van der Waals surface area contributed by atoms with E-state index >= 15 is 0 Å². The lowest BCUT2D eigenvalue weighted by Gasteiger charge is -2.08. The minimum Gasteiger partial charge on any atom is -0.493 e. The summed E-state index contributed by atoms with van der Waals surface area (Å²) in [7, 11) is 0. The standard InChI is InChI=1S/C19H20N4O2/c1-13-17(19(24)21-20)18(23-22-13)15-8-5-9-16(12-15)25-11-10-14-6-3-2-4-7-14/h2-9,12H,10-11,20H2,1H3,(H,21,24)(H,22,23). The Morgan fingerprint density at radius 1 is 1.20 bits per heavy atom. The quantitative estimate of drug-likeness (QED) is 0.366. The largest absolute Gasteiger partial charge is 0.493 e. The normalized spacial score (nSPS) is 10.5. The Balaban J connectivity index is 1.75. The number of aromatic nitrogens is 2. The van der Waals surface area contributed by atoms with Gasteiger partial charge in [0.15, 0.2) is 0 Å². The Bertz CT molecular complexity index is 859. The van der Waals surface area contributed by atoms with Crippen LogP contribution in [0.5, 0.6) is 5.75 Å². The summed E-state index contributed by atoms with van der Waals surface area (Å²) in [6, 6.07) is 17.7. The molecule has 0 aliphatic rings. The summed E-state index contributed by atoms with van der Waals surface area (Å²) in [6.45, 7) is 2.35. The fraction of sp³-hybridized carbons (Fsp3) is 0.158. The number of hydrogen-bond acceptors (Lipinski definition) is 4. The monoisotopic (exact) mass is 336 g/mol. The van der Waals surface area contributed by atoms with E-state index in [1.54, 1.807) is 6.92 Å². The minimum atomic E-state index is -0.378. The summed E-state index contributed by atoms with van der Waals surface area (Å²) in [6.07, 6.45) is 0.827. The minimum absolute atomic E-state index is 0.378. The van der Waals surface area contributed by atoms with Gasteiger partial charge >= 0.3 is 0 Å². The van der Waals surface area contributed by atoms with Crippen molar-refractivity contribution < 1.29 is 9.53 Å². The number of benzene rings is 2. The second-order valence-electron chi connectivity index (χ2n) is 5.66. The topological polar surface area (TPSA) is 93.0 Å². The Morgan fingerprint density at radius 2 is 2.00 bits per heavy atom. The molecule has 0 aliphatic carbocycles. The predicted octanol–water partition coefficient (Wildman–Crippen LogP) is 2.61. The molecule has 0 aliphatic heterocycles. The van der Waals surface area contributed by atoms with Crippen LogP contribution in [0, 0.1) is 6.92 Å². The van der Waals surface area contributed by atoms with Gasteiger partial charge in [0.25, 0.3) is 5.91 Å². The molecule has 6 nitrogen and oxygen atoms in total. The van der Waals surface area contributed by atoms with Crippen LogP contribution in [-0.2, 0) is 6.42 Å². The van der Waals surface area contributed by atoms with Crippen molar-refractivity contribution in [2.45, 2.75) is 13.3 Å². The van der Waals surface area contributed by atoms with Gasteiger partial charge in [-0.15, -0.1) is 0 Å². The molecule has 1 amide bonds. The van der Waals surface area contributed by atoms with E-state index in [1.165, 1.54) is 5.56 Å². The number of carbonyl (C=O) groups excluding carboxylic acids is 1. The van der Waals surface area contributed by atoms with Crippen LogP contribution in [0.4, 0.5) is 0 Å². The van der Waals surface area contributed by atoms with Crippen molar-refractivity contribution >= 4 is 5.91 Å². The molecule has 4 N–H and O–H groups in total. The molecule has 3 rings (SSSR count). The number of hydrogen-bond donors (Lipinski definition) is 3. The van der Waals surface area contributed by atoms with Crippen LogP contribution in [0.2, 0.25) is 0 Å². The molecule has 1 aromatic heterocycles. The summed E-state index contributed by atoms with van der Waals surface area (Å²) in [4.78, 5) is 12.0. The molecule has 0 saturated heterocycles. The highest BCUT2D eigenvalue weighted by molar-refractivity contribution is 6.00. The van der Waals surface area contributed by atoms with Gasteiger partial charge in [0.05, 0.1) is 12.2 Å². The van der Waals surface area contributed by atoms with Gasteiger partial charge in [-0.3, -0.25) is 15.3 Å². The highest BCUT2D eigenvalue weighted by Gasteiger charge is 2.18. The molecule has 1 heterocycles. The number of H-pyrrole nitrogens is 1. The van der Waals surface area contributed by atoms with Crippen LogP contribution >= 0.6 is 0 Å². The van der Waals surface area contributed by atoms with Crippen molar-refractivity contribution in [2.75, 3.05) is 6.61 Å². The number of aryl methyl sites for hydroxylation is 1. The molecule has 0 radical (unpaired) electrons. The number of nitrogens with zero attached hydrogens (tertiary/aromatic N) is 1. The predicted molar refractivity (Wildman–Crippen MR) is 96.1 cm³/mol. The van der Waals surface area contributed by atoms with E-state index in [4.69, 9.17) is 10.6 Å². The van der Waals surface area contributed by atoms with E-state index in [-0.39, 0.29) is 5.91 Å². The zero-order chi connectivity index (χ0) is 17.6. The average molecular weight is 336 g/mol. The van der Waals surface area contributed by atoms with Gasteiger partial charge < -0.3 is 4.74 Å². The summed E-state index contributed by atoms with van der Waals surface area (Å²) < 4.78 is 5.84. The van der Waals surface area contributed by atoms with Gasteiger partial charge in [-0.25, -0.2) is 5.84 Å². The van der Waals surface area contributed by atoms with Gasteiger partial charge in [0.1, 0.15) is 11.4 Å². The molecule has 6 heteroatoms. The third-order valence-corrected chi connectivity index (χ3v) is 3.92. The second kappa shape index (κ2) is 7.63. The van der Waals surface area contributed by atoms with E-state index in [1.807, 2.05) is 42.5 Å². The maximum Gasteiger partial charge on any atom is 0.269 e. The average Bonchev–Trinajstić information content (AvgIpc) is 3.04. The first-order valence-corrected chi connectivity index (χ1v) is 8.02. The van der Waals surface area contributed by atoms with Gasteiger partial charge in [0, 0.05) is 17.7 Å². The molecule has 25 heavy (non-hydrogen) atoms. The van der Waals surface area contributed by atoms with E-state index in [0.717, 1.165) is 17.7 Å². The van der Waals surface area contributed by atoms with Crippen LogP contribution in [0.1, 0.15) is 21.6 Å². The number of nitrogens with two attached hydrogens (primary N) is 1. The highest BCUT2D eigenvalue weighted by atomic mass is 16.5.